The van der Waals surface area contributed by atoms with Crippen LogP contribution in [0.5, 0.6) is 0 Å². The van der Waals surface area contributed by atoms with Gasteiger partial charge < -0.3 is 14.4 Å². The van der Waals surface area contributed by atoms with E-state index in [1.807, 2.05) is 0 Å². The Balaban J connectivity index is 1.41. The van der Waals surface area contributed by atoms with Crippen LogP contribution in [-0.4, -0.2) is 16.8 Å². The number of rotatable bonds is 3. The molecule has 0 radical (unpaired) electrons. The van der Waals surface area contributed by atoms with E-state index >= 15 is 0 Å². The molecule has 1 aromatic heterocycles. The number of nitrogens with zero attached hydrogens (tertiary/aromatic N) is 3. The summed E-state index contributed by atoms with van der Waals surface area (Å²) in [5, 5.41) is 2.68. The molecule has 10 rings (SSSR count). The van der Waals surface area contributed by atoms with Gasteiger partial charge in [-0.15, -0.1) is 0 Å². The first kappa shape index (κ1) is 28.8. The second-order valence-corrected chi connectivity index (χ2v) is 15.7. The predicted molar refractivity (Wildman–Crippen MR) is 210 cm³/mol. The minimum absolute atomic E-state index is 0.0699. The summed E-state index contributed by atoms with van der Waals surface area (Å²) >= 11 is 0. The summed E-state index contributed by atoms with van der Waals surface area (Å²) in [7, 11) is 0. The van der Waals surface area contributed by atoms with E-state index < -0.39 is 0 Å². The van der Waals surface area contributed by atoms with Crippen molar-refractivity contribution in [2.45, 2.75) is 59.4 Å². The van der Waals surface area contributed by atoms with Crippen LogP contribution in [0.4, 0.5) is 28.4 Å². The lowest BCUT2D eigenvalue weighted by Gasteiger charge is -2.47. The van der Waals surface area contributed by atoms with Gasteiger partial charge >= 0.3 is 0 Å². The van der Waals surface area contributed by atoms with Gasteiger partial charge in [-0.05, 0) is 111 Å². The fraction of sp³-hybridized carbons (Fsp3) is 0.200. The zero-order chi connectivity index (χ0) is 33.6. The molecule has 0 fully saturated rings. The van der Waals surface area contributed by atoms with E-state index in [0.717, 1.165) is 11.4 Å². The lowest BCUT2D eigenvalue weighted by molar-refractivity contribution is 0.330. The highest BCUT2D eigenvalue weighted by Gasteiger charge is 2.56. The number of hydrogen-bond acceptors (Lipinski definition) is 2. The number of benzene rings is 6. The van der Waals surface area contributed by atoms with Gasteiger partial charge in [0.05, 0.1) is 11.2 Å². The number of anilines is 5. The number of fused-ring (bicyclic) bond motifs is 7. The van der Waals surface area contributed by atoms with Gasteiger partial charge in [0.1, 0.15) is 0 Å². The molecule has 0 spiro atoms. The molecule has 0 N–H and O–H groups in total. The highest BCUT2D eigenvalue weighted by Crippen LogP contribution is 2.56. The second kappa shape index (κ2) is 9.48. The number of aromatic nitrogens is 1. The Morgan fingerprint density at radius 3 is 1.88 bits per heavy atom. The lowest BCUT2D eigenvalue weighted by Crippen LogP contribution is -2.63. The monoisotopic (exact) mass is 633 g/mol. The van der Waals surface area contributed by atoms with E-state index in [4.69, 9.17) is 0 Å². The standard InChI is InChI=1S/C45H40BN3/c1-27-18-19-38-33(20-27)34-21-28(2)23-36-42(34)48(38)39-25-32(47(30-14-10-8-11-15-30)31-16-12-9-13-17-31)26-40-41(39)46(36)37-24-29(3)22-35-43(37)49(40)45(6,7)44(35,4)5/h8-26H,1-7H3. The Morgan fingerprint density at radius 1 is 0.571 bits per heavy atom. The first-order valence-corrected chi connectivity index (χ1v) is 17.7. The number of para-hydroxylation sites is 2. The SMILES string of the molecule is Cc1cc2c3c(c1)C(C)(C)C(C)(C)N3c1cc(N(c3ccccc3)c3ccccc3)cc3c1B2c1cc(C)cc2c4cc(C)ccc4n-3c12. The maximum Gasteiger partial charge on any atom is 0.252 e. The van der Waals surface area contributed by atoms with Crippen molar-refractivity contribution >= 4 is 73.3 Å². The van der Waals surface area contributed by atoms with Crippen LogP contribution in [0.15, 0.2) is 115 Å². The fourth-order valence-electron chi connectivity index (χ4n) is 9.46. The van der Waals surface area contributed by atoms with Crippen molar-refractivity contribution in [2.75, 3.05) is 9.80 Å². The summed E-state index contributed by atoms with van der Waals surface area (Å²) in [6.45, 7) is 16.7. The average Bonchev–Trinajstić information content (AvgIpc) is 3.48. The van der Waals surface area contributed by atoms with Gasteiger partial charge in [0.15, 0.2) is 0 Å². The minimum Gasteiger partial charge on any atom is -0.335 e. The van der Waals surface area contributed by atoms with Gasteiger partial charge in [-0.1, -0.05) is 91.2 Å². The predicted octanol–water partition coefficient (Wildman–Crippen LogP) is 9.53. The van der Waals surface area contributed by atoms with Gasteiger partial charge in [0, 0.05) is 55.7 Å². The van der Waals surface area contributed by atoms with Crippen LogP contribution in [0.1, 0.15) is 49.9 Å². The molecular formula is C45H40BN3. The molecular weight excluding hydrogens is 593 g/mol. The zero-order valence-corrected chi connectivity index (χ0v) is 29.4. The Hall–Kier alpha value is -5.22. The van der Waals surface area contributed by atoms with Crippen molar-refractivity contribution in [2.24, 2.45) is 0 Å². The number of hydrogen-bond donors (Lipinski definition) is 0. The third-order valence-corrected chi connectivity index (χ3v) is 12.3. The van der Waals surface area contributed by atoms with Crippen LogP contribution in [-0.2, 0) is 5.41 Å². The molecule has 0 atom stereocenters. The fourth-order valence-corrected chi connectivity index (χ4v) is 9.46. The molecule has 0 unspecified atom stereocenters. The van der Waals surface area contributed by atoms with E-state index in [-0.39, 0.29) is 17.7 Å². The summed E-state index contributed by atoms with van der Waals surface area (Å²) < 4.78 is 2.60. The Bertz CT molecular complexity index is 2500. The summed E-state index contributed by atoms with van der Waals surface area (Å²) in [5.41, 5.74) is 19.5. The van der Waals surface area contributed by atoms with Crippen LogP contribution in [0.2, 0.25) is 0 Å². The van der Waals surface area contributed by atoms with E-state index in [9.17, 15) is 0 Å². The van der Waals surface area contributed by atoms with Crippen LogP contribution in [0, 0.1) is 20.8 Å². The molecule has 0 saturated heterocycles. The molecule has 0 amide bonds. The average molecular weight is 634 g/mol. The smallest absolute Gasteiger partial charge is 0.252 e. The molecule has 6 aromatic carbocycles. The minimum atomic E-state index is -0.169. The molecule has 49 heavy (non-hydrogen) atoms. The maximum absolute atomic E-state index is 2.72. The molecule has 4 heteroatoms. The van der Waals surface area contributed by atoms with Gasteiger partial charge in [0.25, 0.3) is 6.71 Å². The molecule has 0 saturated carbocycles. The quantitative estimate of drug-likeness (QED) is 0.180. The van der Waals surface area contributed by atoms with Crippen molar-refractivity contribution in [1.29, 1.82) is 0 Å². The van der Waals surface area contributed by atoms with Crippen LogP contribution >= 0.6 is 0 Å². The highest BCUT2D eigenvalue weighted by atomic mass is 15.3. The lowest BCUT2D eigenvalue weighted by atomic mass is 9.33. The summed E-state index contributed by atoms with van der Waals surface area (Å²) in [4.78, 5) is 5.15. The largest absolute Gasteiger partial charge is 0.335 e. The van der Waals surface area contributed by atoms with E-state index in [1.165, 1.54) is 83.2 Å². The second-order valence-electron chi connectivity index (χ2n) is 15.7. The third kappa shape index (κ3) is 3.59. The normalized spacial score (nSPS) is 15.9. The van der Waals surface area contributed by atoms with Crippen molar-refractivity contribution in [3.8, 4) is 5.69 Å². The van der Waals surface area contributed by atoms with Crippen LogP contribution in [0.3, 0.4) is 0 Å². The summed E-state index contributed by atoms with van der Waals surface area (Å²) in [5.74, 6) is 0. The molecule has 3 aliphatic rings. The summed E-state index contributed by atoms with van der Waals surface area (Å²) in [6.07, 6.45) is 0. The summed E-state index contributed by atoms with van der Waals surface area (Å²) in [6, 6.07) is 43.5. The molecule has 3 nitrogen and oxygen atoms in total. The van der Waals surface area contributed by atoms with E-state index in [1.54, 1.807) is 0 Å². The maximum atomic E-state index is 2.72. The molecule has 7 aromatic rings. The van der Waals surface area contributed by atoms with Crippen molar-refractivity contribution in [3.05, 3.63) is 138 Å². The van der Waals surface area contributed by atoms with Crippen LogP contribution < -0.4 is 26.2 Å². The zero-order valence-electron chi connectivity index (χ0n) is 29.4. The molecule has 0 bridgehead atoms. The van der Waals surface area contributed by atoms with Gasteiger partial charge in [-0.25, -0.2) is 0 Å². The Labute approximate surface area is 289 Å². The van der Waals surface area contributed by atoms with Gasteiger partial charge in [-0.3, -0.25) is 0 Å². The Morgan fingerprint density at radius 2 is 1.18 bits per heavy atom. The number of aryl methyl sites for hydroxylation is 3. The molecule has 3 aliphatic heterocycles. The topological polar surface area (TPSA) is 11.4 Å². The first-order valence-electron chi connectivity index (χ1n) is 17.7. The molecule has 0 aliphatic carbocycles. The van der Waals surface area contributed by atoms with E-state index in [0.29, 0.717) is 0 Å². The van der Waals surface area contributed by atoms with Gasteiger partial charge in [0.2, 0.25) is 0 Å². The van der Waals surface area contributed by atoms with Crippen molar-refractivity contribution in [3.63, 3.8) is 0 Å². The third-order valence-electron chi connectivity index (χ3n) is 12.3. The van der Waals surface area contributed by atoms with Crippen molar-refractivity contribution in [1.82, 2.24) is 4.57 Å². The Kier molecular flexibility index (Phi) is 5.56. The molecule has 238 valence electrons. The van der Waals surface area contributed by atoms with Gasteiger partial charge in [-0.2, -0.15) is 0 Å². The molecule has 4 heterocycles. The van der Waals surface area contributed by atoms with Crippen LogP contribution in [0.25, 0.3) is 27.5 Å². The highest BCUT2D eigenvalue weighted by molar-refractivity contribution is 7.00. The van der Waals surface area contributed by atoms with Crippen molar-refractivity contribution < 1.29 is 0 Å². The first-order chi connectivity index (χ1) is 23.6. The van der Waals surface area contributed by atoms with E-state index in [2.05, 4.69) is 178 Å².